The van der Waals surface area contributed by atoms with Gasteiger partial charge in [0.2, 0.25) is 15.9 Å². The van der Waals surface area contributed by atoms with E-state index in [1.54, 1.807) is 30.3 Å². The van der Waals surface area contributed by atoms with Gasteiger partial charge < -0.3 is 20.5 Å². The molecule has 1 aromatic heterocycles. The fraction of sp³-hybridized carbons (Fsp3) is 0.289. The van der Waals surface area contributed by atoms with E-state index in [1.807, 2.05) is 20.8 Å². The number of carboxylic acids is 1. The van der Waals surface area contributed by atoms with Crippen LogP contribution < -0.4 is 10.6 Å². The van der Waals surface area contributed by atoms with Gasteiger partial charge in [0.25, 0.3) is 5.91 Å². The Balaban J connectivity index is 1.55. The number of amides is 2. The molecule has 5 rings (SSSR count). The summed E-state index contributed by atoms with van der Waals surface area (Å²) in [5.41, 5.74) is -1.45. The standard InChI is InChI=1S/C38H36Cl4N4O8S/c1-37(2,3)22-8-11-28(27(15-22)34(48)49)38(12-5-13-46(38)55(52,53)26-17-23(39)16-24(40)18-26)36(51)45-31(35(50)54-4)14-21-6-9-25(10-7-21)44-33(47)32-29(41)19-43-20-30(32)42/h6-11,15-20,31H,5,12-14H2,1-4H3,(H,44,47)(H,45,51)(H,48,49)/t31-,38?/m0/s1. The van der Waals surface area contributed by atoms with Gasteiger partial charge >= 0.3 is 11.9 Å². The molecule has 0 spiro atoms. The van der Waals surface area contributed by atoms with Crippen LogP contribution in [0.25, 0.3) is 0 Å². The fourth-order valence-electron chi connectivity index (χ4n) is 6.49. The van der Waals surface area contributed by atoms with Crippen molar-refractivity contribution in [1.29, 1.82) is 0 Å². The topological polar surface area (TPSA) is 172 Å². The molecule has 2 atom stereocenters. The lowest BCUT2D eigenvalue weighted by atomic mass is 9.79. The minimum atomic E-state index is -4.59. The van der Waals surface area contributed by atoms with Gasteiger partial charge in [0, 0.05) is 41.1 Å². The first-order valence-corrected chi connectivity index (χ1v) is 19.7. The summed E-state index contributed by atoms with van der Waals surface area (Å²) in [5.74, 6) is -3.76. The van der Waals surface area contributed by atoms with Crippen molar-refractivity contribution >= 4 is 85.9 Å². The Morgan fingerprint density at radius 3 is 2.13 bits per heavy atom. The molecule has 0 radical (unpaired) electrons. The monoisotopic (exact) mass is 848 g/mol. The van der Waals surface area contributed by atoms with Crippen LogP contribution in [-0.4, -0.2) is 66.3 Å². The maximum atomic E-state index is 14.9. The molecular formula is C38H36Cl4N4O8S. The molecule has 3 aromatic carbocycles. The number of rotatable bonds is 11. The minimum Gasteiger partial charge on any atom is -0.478 e. The summed E-state index contributed by atoms with van der Waals surface area (Å²) in [4.78, 5) is 57.5. The molecule has 2 heterocycles. The third-order valence-electron chi connectivity index (χ3n) is 9.21. The SMILES string of the molecule is COC(=O)[C@H](Cc1ccc(NC(=O)c2c(Cl)cncc2Cl)cc1)NC(=O)C1(c2ccc(C(C)(C)C)cc2C(=O)O)CCCN1S(=O)(=O)c1cc(Cl)cc(Cl)c1. The number of hydrogen-bond donors (Lipinski definition) is 3. The van der Waals surface area contributed by atoms with E-state index in [4.69, 9.17) is 51.1 Å². The van der Waals surface area contributed by atoms with Crippen molar-refractivity contribution in [3.05, 3.63) is 121 Å². The number of carbonyl (C=O) groups is 4. The average molecular weight is 851 g/mol. The maximum absolute atomic E-state index is 14.9. The first-order valence-electron chi connectivity index (χ1n) is 16.7. The minimum absolute atomic E-state index is 0.0300. The number of nitrogens with one attached hydrogen (secondary N) is 2. The number of sulfonamides is 1. The number of anilines is 1. The summed E-state index contributed by atoms with van der Waals surface area (Å²) in [6.45, 7) is 5.49. The van der Waals surface area contributed by atoms with Crippen molar-refractivity contribution in [2.24, 2.45) is 0 Å². The number of benzene rings is 3. The van der Waals surface area contributed by atoms with E-state index in [1.165, 1.54) is 42.7 Å². The smallest absolute Gasteiger partial charge is 0.336 e. The zero-order chi connectivity index (χ0) is 40.5. The van der Waals surface area contributed by atoms with Crippen molar-refractivity contribution in [3.63, 3.8) is 0 Å². The van der Waals surface area contributed by atoms with Crippen LogP contribution in [0.15, 0.2) is 78.0 Å². The maximum Gasteiger partial charge on any atom is 0.336 e. The van der Waals surface area contributed by atoms with Crippen LogP contribution in [0.3, 0.4) is 0 Å². The Kier molecular flexibility index (Phi) is 12.5. The van der Waals surface area contributed by atoms with E-state index in [9.17, 15) is 32.7 Å². The molecular weight excluding hydrogens is 814 g/mol. The molecule has 3 N–H and O–H groups in total. The van der Waals surface area contributed by atoms with E-state index in [0.29, 0.717) is 16.8 Å². The van der Waals surface area contributed by atoms with E-state index in [2.05, 4.69) is 15.6 Å². The second-order valence-electron chi connectivity index (χ2n) is 13.8. The number of esters is 1. The predicted molar refractivity (Wildman–Crippen MR) is 210 cm³/mol. The molecule has 2 amide bonds. The van der Waals surface area contributed by atoms with Crippen molar-refractivity contribution in [2.75, 3.05) is 19.0 Å². The molecule has 1 unspecified atom stereocenters. The largest absolute Gasteiger partial charge is 0.478 e. The number of pyridine rings is 1. The van der Waals surface area contributed by atoms with Crippen molar-refractivity contribution < 1.29 is 37.4 Å². The number of aromatic nitrogens is 1. The number of hydrogen-bond acceptors (Lipinski definition) is 8. The van der Waals surface area contributed by atoms with Crippen LogP contribution in [0.5, 0.6) is 0 Å². The average Bonchev–Trinajstić information content (AvgIpc) is 3.58. The number of nitrogens with zero attached hydrogens (tertiary/aromatic N) is 2. The van der Waals surface area contributed by atoms with Gasteiger partial charge in [-0.15, -0.1) is 0 Å². The van der Waals surface area contributed by atoms with E-state index < -0.39 is 50.8 Å². The van der Waals surface area contributed by atoms with Crippen LogP contribution >= 0.6 is 46.4 Å². The number of halogens is 4. The Labute approximate surface area is 338 Å². The van der Waals surface area contributed by atoms with Gasteiger partial charge in [0.15, 0.2) is 0 Å². The summed E-state index contributed by atoms with van der Waals surface area (Å²) in [6.07, 6.45) is 2.47. The second kappa shape index (κ2) is 16.5. The third-order valence-corrected chi connectivity index (χ3v) is 12.1. The molecule has 17 heteroatoms. The first-order chi connectivity index (χ1) is 25.8. The zero-order valence-electron chi connectivity index (χ0n) is 30.0. The Hall–Kier alpha value is -4.24. The second-order valence-corrected chi connectivity index (χ2v) is 17.4. The Bertz CT molecular complexity index is 2240. The molecule has 1 fully saturated rings. The van der Waals surface area contributed by atoms with Crippen LogP contribution in [-0.2, 0) is 41.7 Å². The molecule has 1 aliphatic heterocycles. The van der Waals surface area contributed by atoms with Crippen molar-refractivity contribution in [3.8, 4) is 0 Å². The highest BCUT2D eigenvalue weighted by molar-refractivity contribution is 7.89. The first kappa shape index (κ1) is 41.9. The van der Waals surface area contributed by atoms with Crippen LogP contribution in [0.2, 0.25) is 20.1 Å². The number of carbonyl (C=O) groups excluding carboxylic acids is 3. The van der Waals surface area contributed by atoms with E-state index >= 15 is 0 Å². The molecule has 1 saturated heterocycles. The van der Waals surface area contributed by atoms with Gasteiger partial charge in [-0.25, -0.2) is 18.0 Å². The molecule has 12 nitrogen and oxygen atoms in total. The van der Waals surface area contributed by atoms with Gasteiger partial charge in [0.05, 0.1) is 33.2 Å². The van der Waals surface area contributed by atoms with Crippen molar-refractivity contribution in [1.82, 2.24) is 14.6 Å². The summed E-state index contributed by atoms with van der Waals surface area (Å²) in [7, 11) is -3.45. The number of carboxylic acid groups (broad SMARTS) is 1. The lowest BCUT2D eigenvalue weighted by molar-refractivity contribution is -0.146. The molecule has 0 aliphatic carbocycles. The summed E-state index contributed by atoms with van der Waals surface area (Å²) in [5, 5.41) is 16.1. The summed E-state index contributed by atoms with van der Waals surface area (Å²) >= 11 is 24.6. The fourth-order valence-corrected chi connectivity index (χ4v) is 9.54. The molecule has 0 bridgehead atoms. The highest BCUT2D eigenvalue weighted by Crippen LogP contribution is 2.45. The Morgan fingerprint density at radius 1 is 0.945 bits per heavy atom. The molecule has 1 aliphatic rings. The third kappa shape index (κ3) is 8.77. The highest BCUT2D eigenvalue weighted by Gasteiger charge is 2.56. The quantitative estimate of drug-likeness (QED) is 0.129. The van der Waals surface area contributed by atoms with Gasteiger partial charge in [0.1, 0.15) is 11.6 Å². The highest BCUT2D eigenvalue weighted by atomic mass is 35.5. The molecule has 55 heavy (non-hydrogen) atoms. The van der Waals surface area contributed by atoms with Crippen LogP contribution in [0.4, 0.5) is 5.69 Å². The lowest BCUT2D eigenvalue weighted by Crippen LogP contribution is -2.58. The van der Waals surface area contributed by atoms with Gasteiger partial charge in [-0.3, -0.25) is 14.6 Å². The van der Waals surface area contributed by atoms with Crippen molar-refractivity contribution in [2.45, 2.75) is 61.9 Å². The van der Waals surface area contributed by atoms with E-state index in [-0.39, 0.29) is 67.5 Å². The van der Waals surface area contributed by atoms with Crippen LogP contribution in [0.1, 0.15) is 71.0 Å². The summed E-state index contributed by atoms with van der Waals surface area (Å²) < 4.78 is 35.0. The lowest BCUT2D eigenvalue weighted by Gasteiger charge is -2.38. The molecule has 4 aromatic rings. The summed E-state index contributed by atoms with van der Waals surface area (Å²) in [6, 6.07) is 13.2. The predicted octanol–water partition coefficient (Wildman–Crippen LogP) is 7.52. The number of ether oxygens (including phenoxy) is 1. The van der Waals surface area contributed by atoms with E-state index in [0.717, 1.165) is 11.4 Å². The van der Waals surface area contributed by atoms with Gasteiger partial charge in [-0.05, 0) is 71.3 Å². The molecule has 0 saturated carbocycles. The van der Waals surface area contributed by atoms with Crippen LogP contribution in [0, 0.1) is 0 Å². The van der Waals surface area contributed by atoms with Gasteiger partial charge in [-0.1, -0.05) is 91.4 Å². The number of methoxy groups -OCH3 is 1. The Morgan fingerprint density at radius 2 is 1.56 bits per heavy atom. The normalized spacial score (nSPS) is 16.7. The molecule has 290 valence electrons. The van der Waals surface area contributed by atoms with Gasteiger partial charge in [-0.2, -0.15) is 4.31 Å². The number of aromatic carboxylic acids is 1. The zero-order valence-corrected chi connectivity index (χ0v) is 33.8.